The third kappa shape index (κ3) is 2.59. The molecule has 0 aromatic heterocycles. The van der Waals surface area contributed by atoms with Gasteiger partial charge >= 0.3 is 5.97 Å². The number of alkyl halides is 1. The van der Waals surface area contributed by atoms with Crippen LogP contribution in [0.25, 0.3) is 0 Å². The number of benzene rings is 1. The molecule has 2 rings (SSSR count). The lowest BCUT2D eigenvalue weighted by molar-refractivity contribution is -0.197. The van der Waals surface area contributed by atoms with Crippen LogP contribution in [-0.4, -0.2) is 22.8 Å². The summed E-state index contributed by atoms with van der Waals surface area (Å²) in [6.07, 6.45) is 0.175. The second-order valence-electron chi connectivity index (χ2n) is 3.77. The van der Waals surface area contributed by atoms with Crippen molar-refractivity contribution >= 4 is 33.7 Å². The van der Waals surface area contributed by atoms with Crippen LogP contribution in [0.4, 0.5) is 0 Å². The molecule has 1 atom stereocenters. The number of halogens is 1. The molecule has 1 unspecified atom stereocenters. The van der Waals surface area contributed by atoms with Gasteiger partial charge in [0.1, 0.15) is 4.83 Å². The monoisotopic (exact) mass is 311 g/mol. The molecule has 0 saturated carbocycles. The van der Waals surface area contributed by atoms with Gasteiger partial charge in [0.05, 0.1) is 0 Å². The van der Waals surface area contributed by atoms with E-state index in [9.17, 15) is 14.4 Å². The Bertz CT molecular complexity index is 472. The summed E-state index contributed by atoms with van der Waals surface area (Å²) in [4.78, 5) is 38.5. The fourth-order valence-corrected chi connectivity index (χ4v) is 1.94. The molecule has 0 bridgehead atoms. The molecule has 0 N–H and O–H groups in total. The smallest absolute Gasteiger partial charge is 0.329 e. The van der Waals surface area contributed by atoms with Crippen LogP contribution in [0.15, 0.2) is 30.3 Å². The Balaban J connectivity index is 2.04. The standard InChI is InChI=1S/C12H10BrNO4/c13-11(8-4-2-1-3-5-8)12(17)18-14-9(15)6-7-10(14)16/h1-5,11H,6-7H2. The van der Waals surface area contributed by atoms with E-state index in [1.807, 2.05) is 6.07 Å². The molecule has 18 heavy (non-hydrogen) atoms. The van der Waals surface area contributed by atoms with Crippen LogP contribution < -0.4 is 0 Å². The first-order valence-electron chi connectivity index (χ1n) is 5.36. The Morgan fingerprint density at radius 1 is 1.17 bits per heavy atom. The summed E-state index contributed by atoms with van der Waals surface area (Å²) in [6, 6.07) is 8.87. The summed E-state index contributed by atoms with van der Waals surface area (Å²) in [5, 5.41) is 0.541. The molecule has 5 nitrogen and oxygen atoms in total. The van der Waals surface area contributed by atoms with Crippen molar-refractivity contribution in [3.05, 3.63) is 35.9 Å². The molecular weight excluding hydrogens is 302 g/mol. The number of amides is 2. The van der Waals surface area contributed by atoms with Crippen molar-refractivity contribution in [2.75, 3.05) is 0 Å². The SMILES string of the molecule is O=C(ON1C(=O)CCC1=O)C(Br)c1ccccc1. The van der Waals surface area contributed by atoms with Crippen molar-refractivity contribution < 1.29 is 19.2 Å². The molecule has 1 aromatic rings. The molecule has 0 radical (unpaired) electrons. The van der Waals surface area contributed by atoms with Crippen molar-refractivity contribution in [1.82, 2.24) is 5.06 Å². The summed E-state index contributed by atoms with van der Waals surface area (Å²) < 4.78 is 0. The largest absolute Gasteiger partial charge is 0.351 e. The highest BCUT2D eigenvalue weighted by Crippen LogP contribution is 2.25. The number of imide groups is 1. The summed E-state index contributed by atoms with van der Waals surface area (Å²) in [6.45, 7) is 0. The molecular formula is C12H10BrNO4. The molecule has 0 spiro atoms. The van der Waals surface area contributed by atoms with E-state index in [1.165, 1.54) is 0 Å². The predicted octanol–water partition coefficient (Wildman–Crippen LogP) is 1.73. The minimum Gasteiger partial charge on any atom is -0.329 e. The fraction of sp³-hybridized carbons (Fsp3) is 0.250. The van der Waals surface area contributed by atoms with Crippen molar-refractivity contribution in [3.8, 4) is 0 Å². The van der Waals surface area contributed by atoms with E-state index < -0.39 is 22.6 Å². The lowest BCUT2D eigenvalue weighted by Crippen LogP contribution is -2.33. The highest BCUT2D eigenvalue weighted by atomic mass is 79.9. The average molecular weight is 312 g/mol. The highest BCUT2D eigenvalue weighted by Gasteiger charge is 2.34. The Hall–Kier alpha value is -1.69. The third-order valence-corrected chi connectivity index (χ3v) is 3.39. The van der Waals surface area contributed by atoms with Crippen LogP contribution in [0.5, 0.6) is 0 Å². The normalized spacial score (nSPS) is 16.8. The molecule has 1 saturated heterocycles. The topological polar surface area (TPSA) is 63.7 Å². The van der Waals surface area contributed by atoms with Crippen LogP contribution in [0.2, 0.25) is 0 Å². The number of hydroxylamine groups is 2. The van der Waals surface area contributed by atoms with E-state index in [4.69, 9.17) is 4.84 Å². The zero-order chi connectivity index (χ0) is 13.1. The lowest BCUT2D eigenvalue weighted by Gasteiger charge is -2.15. The van der Waals surface area contributed by atoms with Gasteiger partial charge in [-0.2, -0.15) is 0 Å². The first-order valence-corrected chi connectivity index (χ1v) is 6.28. The van der Waals surface area contributed by atoms with Crippen molar-refractivity contribution in [1.29, 1.82) is 0 Å². The van der Waals surface area contributed by atoms with Gasteiger partial charge in [-0.25, -0.2) is 4.79 Å². The van der Waals surface area contributed by atoms with Gasteiger partial charge in [-0.1, -0.05) is 46.3 Å². The van der Waals surface area contributed by atoms with Crippen LogP contribution in [0.1, 0.15) is 23.2 Å². The molecule has 0 aliphatic carbocycles. The van der Waals surface area contributed by atoms with Gasteiger partial charge in [-0.3, -0.25) is 9.59 Å². The quantitative estimate of drug-likeness (QED) is 0.630. The maximum absolute atomic E-state index is 11.8. The van der Waals surface area contributed by atoms with Gasteiger partial charge < -0.3 is 4.84 Å². The minimum atomic E-state index is -0.708. The van der Waals surface area contributed by atoms with E-state index in [0.717, 1.165) is 0 Å². The van der Waals surface area contributed by atoms with Gasteiger partial charge in [0.25, 0.3) is 11.8 Å². The van der Waals surface area contributed by atoms with Crippen LogP contribution in [0, 0.1) is 0 Å². The van der Waals surface area contributed by atoms with Gasteiger partial charge in [0, 0.05) is 12.8 Å². The Labute approximate surface area is 112 Å². The molecule has 6 heteroatoms. The second kappa shape index (κ2) is 5.30. The van der Waals surface area contributed by atoms with Crippen molar-refractivity contribution in [2.45, 2.75) is 17.7 Å². The van der Waals surface area contributed by atoms with E-state index >= 15 is 0 Å². The predicted molar refractivity (Wildman–Crippen MR) is 65.3 cm³/mol. The number of rotatable bonds is 3. The Morgan fingerprint density at radius 3 is 2.28 bits per heavy atom. The fourth-order valence-electron chi connectivity index (χ4n) is 1.55. The van der Waals surface area contributed by atoms with Gasteiger partial charge in [0.2, 0.25) is 0 Å². The second-order valence-corrected chi connectivity index (χ2v) is 4.68. The highest BCUT2D eigenvalue weighted by molar-refractivity contribution is 9.09. The molecule has 1 aromatic carbocycles. The van der Waals surface area contributed by atoms with Gasteiger partial charge in [-0.15, -0.1) is 5.06 Å². The zero-order valence-corrected chi connectivity index (χ0v) is 10.9. The summed E-state index contributed by atoms with van der Waals surface area (Å²) >= 11 is 3.17. The molecule has 1 aliphatic rings. The lowest BCUT2D eigenvalue weighted by atomic mass is 10.2. The van der Waals surface area contributed by atoms with E-state index in [2.05, 4.69) is 15.9 Å². The average Bonchev–Trinajstić information content (AvgIpc) is 2.70. The maximum atomic E-state index is 11.8. The number of carbonyl (C=O) groups excluding carboxylic acids is 3. The zero-order valence-electron chi connectivity index (χ0n) is 9.34. The molecule has 2 amide bonds. The van der Waals surface area contributed by atoms with E-state index in [-0.39, 0.29) is 12.8 Å². The molecule has 1 heterocycles. The third-order valence-electron chi connectivity index (χ3n) is 2.49. The number of carbonyl (C=O) groups is 3. The Morgan fingerprint density at radius 2 is 1.72 bits per heavy atom. The first-order chi connectivity index (χ1) is 8.59. The summed E-state index contributed by atoms with van der Waals surface area (Å²) in [7, 11) is 0. The van der Waals surface area contributed by atoms with Crippen LogP contribution >= 0.6 is 15.9 Å². The van der Waals surface area contributed by atoms with E-state index in [0.29, 0.717) is 10.6 Å². The number of hydrogen-bond acceptors (Lipinski definition) is 4. The van der Waals surface area contributed by atoms with Gasteiger partial charge in [-0.05, 0) is 5.56 Å². The Kier molecular flexibility index (Phi) is 3.76. The maximum Gasteiger partial charge on any atom is 0.351 e. The minimum absolute atomic E-state index is 0.0877. The number of nitrogens with zero attached hydrogens (tertiary/aromatic N) is 1. The van der Waals surface area contributed by atoms with Gasteiger partial charge in [0.15, 0.2) is 0 Å². The van der Waals surface area contributed by atoms with Crippen molar-refractivity contribution in [3.63, 3.8) is 0 Å². The molecule has 94 valence electrons. The summed E-state index contributed by atoms with van der Waals surface area (Å²) in [5.41, 5.74) is 0.696. The van der Waals surface area contributed by atoms with E-state index in [1.54, 1.807) is 24.3 Å². The number of hydrogen-bond donors (Lipinski definition) is 0. The first kappa shape index (κ1) is 12.8. The van der Waals surface area contributed by atoms with Crippen molar-refractivity contribution in [2.24, 2.45) is 0 Å². The van der Waals surface area contributed by atoms with Crippen LogP contribution in [-0.2, 0) is 19.2 Å². The molecule has 1 aliphatic heterocycles. The summed E-state index contributed by atoms with van der Waals surface area (Å²) in [5.74, 6) is -1.66. The van der Waals surface area contributed by atoms with Crippen LogP contribution in [0.3, 0.4) is 0 Å². The molecule has 1 fully saturated rings.